The Morgan fingerprint density at radius 2 is 2.25 bits per heavy atom. The number of piperidine rings is 1. The average molecular weight is 254 g/mol. The summed E-state index contributed by atoms with van der Waals surface area (Å²) in [5.74, 6) is -3.66. The topological polar surface area (TPSA) is 20.3 Å². The molecule has 0 N–H and O–H groups in total. The monoisotopic (exact) mass is 253 g/mol. The summed E-state index contributed by atoms with van der Waals surface area (Å²) in [5.41, 5.74) is 0. The van der Waals surface area contributed by atoms with Gasteiger partial charge >= 0.3 is 0 Å². The van der Waals surface area contributed by atoms with E-state index in [2.05, 4.69) is 0 Å². The molecule has 0 aromatic rings. The van der Waals surface area contributed by atoms with Gasteiger partial charge in [0.1, 0.15) is 5.38 Å². The van der Waals surface area contributed by atoms with Crippen LogP contribution in [-0.2, 0) is 4.79 Å². The lowest BCUT2D eigenvalue weighted by atomic mass is 9.92. The van der Waals surface area contributed by atoms with Crippen LogP contribution in [0.4, 0.5) is 8.78 Å². The van der Waals surface area contributed by atoms with Gasteiger partial charge in [0.2, 0.25) is 11.8 Å². The summed E-state index contributed by atoms with van der Waals surface area (Å²) in [6, 6.07) is 0. The van der Waals surface area contributed by atoms with Crippen LogP contribution >= 0.6 is 11.6 Å². The van der Waals surface area contributed by atoms with E-state index in [1.54, 1.807) is 0 Å². The maximum absolute atomic E-state index is 13.2. The van der Waals surface area contributed by atoms with Crippen LogP contribution in [0.15, 0.2) is 0 Å². The van der Waals surface area contributed by atoms with Crippen molar-refractivity contribution in [3.05, 3.63) is 0 Å². The van der Waals surface area contributed by atoms with Crippen LogP contribution in [0.1, 0.15) is 33.1 Å². The number of nitrogens with zero attached hydrogens (tertiary/aromatic N) is 1. The minimum atomic E-state index is -2.72. The zero-order valence-electron chi connectivity index (χ0n) is 9.68. The number of hydrogen-bond acceptors (Lipinski definition) is 1. The molecular formula is C11H18ClF2NO. The van der Waals surface area contributed by atoms with Crippen molar-refractivity contribution in [3.63, 3.8) is 0 Å². The van der Waals surface area contributed by atoms with Gasteiger partial charge < -0.3 is 4.90 Å². The highest BCUT2D eigenvalue weighted by molar-refractivity contribution is 6.30. The van der Waals surface area contributed by atoms with E-state index in [1.165, 1.54) is 4.90 Å². The number of amides is 1. The second-order valence-electron chi connectivity index (χ2n) is 4.46. The standard InChI is InChI=1S/C11H18ClF2NO/c1-3-9(12)10(16)15-6-4-5-8(7-15)11(2,13)14/h8-9H,3-7H2,1-2H3/t8-,9+/m0/s1. The third kappa shape index (κ3) is 3.30. The molecule has 5 heteroatoms. The van der Waals surface area contributed by atoms with Crippen LogP contribution in [0, 0.1) is 5.92 Å². The molecular weight excluding hydrogens is 236 g/mol. The molecule has 1 aliphatic heterocycles. The van der Waals surface area contributed by atoms with Gasteiger partial charge in [-0.05, 0) is 26.2 Å². The molecule has 0 aliphatic carbocycles. The lowest BCUT2D eigenvalue weighted by molar-refractivity contribution is -0.136. The number of rotatable bonds is 3. The van der Waals surface area contributed by atoms with E-state index < -0.39 is 17.2 Å². The molecule has 2 nitrogen and oxygen atoms in total. The fraction of sp³-hybridized carbons (Fsp3) is 0.909. The van der Waals surface area contributed by atoms with Crippen molar-refractivity contribution in [3.8, 4) is 0 Å². The van der Waals surface area contributed by atoms with Gasteiger partial charge in [-0.15, -0.1) is 11.6 Å². The highest BCUT2D eigenvalue weighted by Gasteiger charge is 2.38. The van der Waals surface area contributed by atoms with E-state index in [9.17, 15) is 13.6 Å². The number of alkyl halides is 3. The van der Waals surface area contributed by atoms with Gasteiger partial charge in [0.15, 0.2) is 0 Å². The molecule has 94 valence electrons. The number of halogens is 3. The average Bonchev–Trinajstić information content (AvgIpc) is 2.26. The van der Waals surface area contributed by atoms with Gasteiger partial charge in [-0.3, -0.25) is 4.79 Å². The largest absolute Gasteiger partial charge is 0.341 e. The minimum Gasteiger partial charge on any atom is -0.341 e. The number of carbonyl (C=O) groups excluding carboxylic acids is 1. The minimum absolute atomic E-state index is 0.131. The molecule has 1 heterocycles. The Labute approximate surface area is 99.9 Å². The highest BCUT2D eigenvalue weighted by atomic mass is 35.5. The zero-order chi connectivity index (χ0) is 12.3. The molecule has 1 saturated heterocycles. The normalized spacial score (nSPS) is 24.3. The fourth-order valence-corrected chi connectivity index (χ4v) is 2.10. The van der Waals surface area contributed by atoms with E-state index in [0.717, 1.165) is 6.92 Å². The van der Waals surface area contributed by atoms with Crippen molar-refractivity contribution in [2.24, 2.45) is 5.92 Å². The number of hydrogen-bond donors (Lipinski definition) is 0. The van der Waals surface area contributed by atoms with Gasteiger partial charge in [-0.2, -0.15) is 0 Å². The first-order chi connectivity index (χ1) is 7.36. The molecule has 0 spiro atoms. The molecule has 0 bridgehead atoms. The quantitative estimate of drug-likeness (QED) is 0.709. The summed E-state index contributed by atoms with van der Waals surface area (Å²) in [6.45, 7) is 3.41. The molecule has 1 aliphatic rings. The maximum Gasteiger partial charge on any atom is 0.249 e. The Kier molecular flexibility index (Phi) is 4.53. The summed E-state index contributed by atoms with van der Waals surface area (Å²) in [5, 5.41) is -0.579. The molecule has 0 aromatic carbocycles. The Morgan fingerprint density at radius 3 is 2.75 bits per heavy atom. The van der Waals surface area contributed by atoms with Crippen LogP contribution in [-0.4, -0.2) is 35.2 Å². The smallest absolute Gasteiger partial charge is 0.249 e. The van der Waals surface area contributed by atoms with Crippen LogP contribution in [0.2, 0.25) is 0 Å². The first-order valence-corrected chi connectivity index (χ1v) is 6.10. The van der Waals surface area contributed by atoms with Gasteiger partial charge in [-0.1, -0.05) is 6.92 Å². The molecule has 1 fully saturated rings. The predicted molar refractivity (Wildman–Crippen MR) is 59.9 cm³/mol. The summed E-state index contributed by atoms with van der Waals surface area (Å²) in [6.07, 6.45) is 1.64. The SMILES string of the molecule is CC[C@@H](Cl)C(=O)N1CCC[C@H](C(C)(F)F)C1. The summed E-state index contributed by atoms with van der Waals surface area (Å²) < 4.78 is 26.3. The van der Waals surface area contributed by atoms with E-state index in [-0.39, 0.29) is 12.5 Å². The second kappa shape index (κ2) is 5.30. The number of likely N-dealkylation sites (tertiary alicyclic amines) is 1. The molecule has 16 heavy (non-hydrogen) atoms. The van der Waals surface area contributed by atoms with Crippen molar-refractivity contribution in [2.45, 2.75) is 44.4 Å². The molecule has 0 unspecified atom stereocenters. The molecule has 0 aromatic heterocycles. The van der Waals surface area contributed by atoms with Gasteiger partial charge in [0.05, 0.1) is 0 Å². The van der Waals surface area contributed by atoms with Crippen molar-refractivity contribution >= 4 is 17.5 Å². The predicted octanol–water partition coefficient (Wildman–Crippen LogP) is 2.90. The summed E-state index contributed by atoms with van der Waals surface area (Å²) in [4.78, 5) is 13.2. The van der Waals surface area contributed by atoms with Crippen LogP contribution in [0.5, 0.6) is 0 Å². The number of carbonyl (C=O) groups is 1. The molecule has 1 rings (SSSR count). The lowest BCUT2D eigenvalue weighted by Gasteiger charge is -2.36. The van der Waals surface area contributed by atoms with E-state index in [4.69, 9.17) is 11.6 Å². The second-order valence-corrected chi connectivity index (χ2v) is 4.98. The fourth-order valence-electron chi connectivity index (χ4n) is 1.96. The first-order valence-electron chi connectivity index (χ1n) is 5.67. The van der Waals surface area contributed by atoms with Crippen LogP contribution < -0.4 is 0 Å². The van der Waals surface area contributed by atoms with Crippen molar-refractivity contribution < 1.29 is 13.6 Å². The van der Waals surface area contributed by atoms with Gasteiger partial charge in [-0.25, -0.2) is 8.78 Å². The third-order valence-electron chi connectivity index (χ3n) is 3.08. The van der Waals surface area contributed by atoms with Crippen molar-refractivity contribution in [1.29, 1.82) is 0 Å². The lowest BCUT2D eigenvalue weighted by Crippen LogP contribution is -2.47. The molecule has 0 saturated carbocycles. The van der Waals surface area contributed by atoms with Crippen molar-refractivity contribution in [1.82, 2.24) is 4.90 Å². The van der Waals surface area contributed by atoms with Crippen molar-refractivity contribution in [2.75, 3.05) is 13.1 Å². The maximum atomic E-state index is 13.2. The summed E-state index contributed by atoms with van der Waals surface area (Å²) in [7, 11) is 0. The van der Waals surface area contributed by atoms with Gasteiger partial charge in [0, 0.05) is 19.0 Å². The Morgan fingerprint density at radius 1 is 1.62 bits per heavy atom. The Hall–Kier alpha value is -0.380. The van der Waals surface area contributed by atoms with E-state index >= 15 is 0 Å². The van der Waals surface area contributed by atoms with E-state index in [1.807, 2.05) is 6.92 Å². The van der Waals surface area contributed by atoms with Crippen LogP contribution in [0.25, 0.3) is 0 Å². The zero-order valence-corrected chi connectivity index (χ0v) is 10.4. The highest BCUT2D eigenvalue weighted by Crippen LogP contribution is 2.31. The summed E-state index contributed by atoms with van der Waals surface area (Å²) >= 11 is 5.83. The van der Waals surface area contributed by atoms with Gasteiger partial charge in [0.25, 0.3) is 0 Å². The third-order valence-corrected chi connectivity index (χ3v) is 3.57. The molecule has 1 amide bonds. The van der Waals surface area contributed by atoms with E-state index in [0.29, 0.717) is 25.8 Å². The Bertz CT molecular complexity index is 255. The molecule has 2 atom stereocenters. The first kappa shape index (κ1) is 13.7. The Balaban J connectivity index is 2.60. The molecule has 0 radical (unpaired) electrons. The van der Waals surface area contributed by atoms with Crippen LogP contribution in [0.3, 0.4) is 0 Å².